The molecule has 1 aliphatic heterocycles. The normalized spacial score (nSPS) is 15.0. The van der Waals surface area contributed by atoms with E-state index >= 15 is 0 Å². The zero-order valence-corrected chi connectivity index (χ0v) is 9.08. The number of hydrogen-bond donors (Lipinski definition) is 1. The van der Waals surface area contributed by atoms with Crippen molar-refractivity contribution in [2.75, 3.05) is 19.8 Å². The van der Waals surface area contributed by atoms with E-state index in [-0.39, 0.29) is 0 Å². The first kappa shape index (κ1) is 10.3. The molecule has 0 amide bonds. The first-order valence-electron chi connectivity index (χ1n) is 5.49. The van der Waals surface area contributed by atoms with Crippen LogP contribution in [0.25, 0.3) is 0 Å². The maximum absolute atomic E-state index is 5.59. The molecule has 0 atom stereocenters. The van der Waals surface area contributed by atoms with Crippen LogP contribution in [0, 0.1) is 0 Å². The Morgan fingerprint density at radius 1 is 1.47 bits per heavy atom. The van der Waals surface area contributed by atoms with Crippen molar-refractivity contribution >= 4 is 0 Å². The summed E-state index contributed by atoms with van der Waals surface area (Å²) in [6, 6.07) is 6.02. The SMILES string of the molecule is CCCOc1ccc2c(c1)CNCCO2. The second kappa shape index (κ2) is 5.03. The summed E-state index contributed by atoms with van der Waals surface area (Å²) in [4.78, 5) is 0. The Balaban J connectivity index is 2.13. The second-order valence-electron chi connectivity index (χ2n) is 3.64. The molecule has 1 aromatic carbocycles. The highest BCUT2D eigenvalue weighted by Crippen LogP contribution is 2.25. The maximum Gasteiger partial charge on any atom is 0.124 e. The van der Waals surface area contributed by atoms with Gasteiger partial charge in [0.05, 0.1) is 6.61 Å². The molecule has 0 aromatic heterocycles. The average Bonchev–Trinajstić information content (AvgIpc) is 2.50. The molecular formula is C12H17NO2. The van der Waals surface area contributed by atoms with Crippen LogP contribution in [0.2, 0.25) is 0 Å². The Morgan fingerprint density at radius 3 is 3.27 bits per heavy atom. The molecule has 0 saturated heterocycles. The first-order chi connectivity index (χ1) is 7.40. The number of ether oxygens (including phenoxy) is 2. The van der Waals surface area contributed by atoms with Crippen LogP contribution < -0.4 is 14.8 Å². The van der Waals surface area contributed by atoms with Crippen LogP contribution in [0.15, 0.2) is 18.2 Å². The van der Waals surface area contributed by atoms with E-state index in [1.807, 2.05) is 12.1 Å². The van der Waals surface area contributed by atoms with Gasteiger partial charge in [-0.05, 0) is 24.6 Å². The number of benzene rings is 1. The fraction of sp³-hybridized carbons (Fsp3) is 0.500. The Kier molecular flexibility index (Phi) is 3.45. The molecule has 3 nitrogen and oxygen atoms in total. The minimum Gasteiger partial charge on any atom is -0.494 e. The monoisotopic (exact) mass is 207 g/mol. The quantitative estimate of drug-likeness (QED) is 0.821. The highest BCUT2D eigenvalue weighted by atomic mass is 16.5. The molecule has 3 heteroatoms. The van der Waals surface area contributed by atoms with Crippen LogP contribution in [0.3, 0.4) is 0 Å². The summed E-state index contributed by atoms with van der Waals surface area (Å²) in [7, 11) is 0. The van der Waals surface area contributed by atoms with Crippen molar-refractivity contribution in [3.63, 3.8) is 0 Å². The highest BCUT2D eigenvalue weighted by molar-refractivity contribution is 5.40. The van der Waals surface area contributed by atoms with Gasteiger partial charge in [-0.15, -0.1) is 0 Å². The maximum atomic E-state index is 5.59. The molecular weight excluding hydrogens is 190 g/mol. The molecule has 2 rings (SSSR count). The third-order valence-electron chi connectivity index (χ3n) is 2.36. The van der Waals surface area contributed by atoms with E-state index in [4.69, 9.17) is 9.47 Å². The van der Waals surface area contributed by atoms with Gasteiger partial charge >= 0.3 is 0 Å². The first-order valence-corrected chi connectivity index (χ1v) is 5.49. The molecule has 0 spiro atoms. The molecule has 15 heavy (non-hydrogen) atoms. The molecule has 1 aromatic rings. The molecule has 1 heterocycles. The van der Waals surface area contributed by atoms with Gasteiger partial charge in [0, 0.05) is 18.7 Å². The fourth-order valence-electron chi connectivity index (χ4n) is 1.60. The van der Waals surface area contributed by atoms with Gasteiger partial charge in [-0.25, -0.2) is 0 Å². The Bertz CT molecular complexity index is 325. The van der Waals surface area contributed by atoms with Gasteiger partial charge in [-0.1, -0.05) is 6.92 Å². The lowest BCUT2D eigenvalue weighted by Crippen LogP contribution is -2.16. The summed E-state index contributed by atoms with van der Waals surface area (Å²) < 4.78 is 11.2. The minimum atomic E-state index is 0.738. The van der Waals surface area contributed by atoms with E-state index in [0.717, 1.165) is 44.2 Å². The van der Waals surface area contributed by atoms with Crippen LogP contribution in [0.1, 0.15) is 18.9 Å². The van der Waals surface area contributed by atoms with E-state index in [1.165, 1.54) is 5.56 Å². The van der Waals surface area contributed by atoms with E-state index in [1.54, 1.807) is 0 Å². The zero-order valence-electron chi connectivity index (χ0n) is 9.08. The standard InChI is InChI=1S/C12H17NO2/c1-2-6-14-11-3-4-12-10(8-11)9-13-5-7-15-12/h3-4,8,13H,2,5-7,9H2,1H3. The van der Waals surface area contributed by atoms with Gasteiger partial charge < -0.3 is 14.8 Å². The fourth-order valence-corrected chi connectivity index (χ4v) is 1.60. The van der Waals surface area contributed by atoms with Gasteiger partial charge in [0.25, 0.3) is 0 Å². The van der Waals surface area contributed by atoms with Crippen LogP contribution in [-0.4, -0.2) is 19.8 Å². The topological polar surface area (TPSA) is 30.5 Å². The zero-order chi connectivity index (χ0) is 10.5. The van der Waals surface area contributed by atoms with Crippen molar-refractivity contribution in [2.24, 2.45) is 0 Å². The van der Waals surface area contributed by atoms with Crippen molar-refractivity contribution in [1.82, 2.24) is 5.32 Å². The van der Waals surface area contributed by atoms with E-state index in [0.29, 0.717) is 0 Å². The summed E-state index contributed by atoms with van der Waals surface area (Å²) in [5.41, 5.74) is 1.18. The summed E-state index contributed by atoms with van der Waals surface area (Å²) in [5, 5.41) is 3.31. The van der Waals surface area contributed by atoms with E-state index in [2.05, 4.69) is 18.3 Å². The third kappa shape index (κ3) is 2.63. The highest BCUT2D eigenvalue weighted by Gasteiger charge is 2.08. The Hall–Kier alpha value is -1.22. The summed E-state index contributed by atoms with van der Waals surface area (Å²) in [6.07, 6.45) is 1.03. The average molecular weight is 207 g/mol. The van der Waals surface area contributed by atoms with E-state index < -0.39 is 0 Å². The van der Waals surface area contributed by atoms with Gasteiger partial charge in [0.15, 0.2) is 0 Å². The predicted molar refractivity (Wildman–Crippen MR) is 59.4 cm³/mol. The molecule has 0 radical (unpaired) electrons. The number of hydrogen-bond acceptors (Lipinski definition) is 3. The summed E-state index contributed by atoms with van der Waals surface area (Å²) in [6.45, 7) is 5.38. The molecule has 0 saturated carbocycles. The number of nitrogens with one attached hydrogen (secondary N) is 1. The molecule has 82 valence electrons. The van der Waals surface area contributed by atoms with Crippen molar-refractivity contribution in [2.45, 2.75) is 19.9 Å². The van der Waals surface area contributed by atoms with Crippen molar-refractivity contribution < 1.29 is 9.47 Å². The van der Waals surface area contributed by atoms with Crippen molar-refractivity contribution in [1.29, 1.82) is 0 Å². The lowest BCUT2D eigenvalue weighted by molar-refractivity contribution is 0.312. The summed E-state index contributed by atoms with van der Waals surface area (Å²) in [5.74, 6) is 1.91. The van der Waals surface area contributed by atoms with Crippen LogP contribution in [-0.2, 0) is 6.54 Å². The van der Waals surface area contributed by atoms with Gasteiger partial charge in [-0.2, -0.15) is 0 Å². The minimum absolute atomic E-state index is 0.738. The van der Waals surface area contributed by atoms with Crippen LogP contribution >= 0.6 is 0 Å². The Labute approximate surface area is 90.4 Å². The van der Waals surface area contributed by atoms with Gasteiger partial charge in [0.1, 0.15) is 18.1 Å². The lowest BCUT2D eigenvalue weighted by Gasteiger charge is -2.09. The molecule has 0 aliphatic carbocycles. The molecule has 1 N–H and O–H groups in total. The van der Waals surface area contributed by atoms with E-state index in [9.17, 15) is 0 Å². The molecule has 1 aliphatic rings. The van der Waals surface area contributed by atoms with Crippen molar-refractivity contribution in [3.8, 4) is 11.5 Å². The molecule has 0 fully saturated rings. The predicted octanol–water partition coefficient (Wildman–Crippen LogP) is 1.96. The Morgan fingerprint density at radius 2 is 2.40 bits per heavy atom. The number of rotatable bonds is 3. The van der Waals surface area contributed by atoms with Crippen LogP contribution in [0.5, 0.6) is 11.5 Å². The largest absolute Gasteiger partial charge is 0.494 e. The van der Waals surface area contributed by atoms with Gasteiger partial charge in [-0.3, -0.25) is 0 Å². The molecule has 0 bridgehead atoms. The van der Waals surface area contributed by atoms with Crippen molar-refractivity contribution in [3.05, 3.63) is 23.8 Å². The third-order valence-corrected chi connectivity index (χ3v) is 2.36. The second-order valence-corrected chi connectivity index (χ2v) is 3.64. The lowest BCUT2D eigenvalue weighted by atomic mass is 10.2. The smallest absolute Gasteiger partial charge is 0.124 e. The van der Waals surface area contributed by atoms with Crippen LogP contribution in [0.4, 0.5) is 0 Å². The summed E-state index contributed by atoms with van der Waals surface area (Å²) >= 11 is 0. The van der Waals surface area contributed by atoms with Gasteiger partial charge in [0.2, 0.25) is 0 Å². The number of fused-ring (bicyclic) bond motifs is 1. The molecule has 0 unspecified atom stereocenters.